The third kappa shape index (κ3) is 4.85. The second-order valence-corrected chi connectivity index (χ2v) is 6.96. The molecule has 0 radical (unpaired) electrons. The first kappa shape index (κ1) is 17.1. The van der Waals surface area contributed by atoms with Crippen LogP contribution in [0.1, 0.15) is 12.5 Å². The molecule has 0 fully saturated rings. The van der Waals surface area contributed by atoms with Crippen LogP contribution in [0.5, 0.6) is 0 Å². The molecule has 3 aromatic rings. The third-order valence-corrected chi connectivity index (χ3v) is 4.83. The van der Waals surface area contributed by atoms with Gasteiger partial charge in [0.15, 0.2) is 0 Å². The van der Waals surface area contributed by atoms with Crippen LogP contribution >= 0.6 is 22.7 Å². The number of anilines is 2. The monoisotopic (exact) mass is 368 g/mol. The quantitative estimate of drug-likeness (QED) is 0.478. The van der Waals surface area contributed by atoms with Gasteiger partial charge in [0.05, 0.1) is 4.88 Å². The number of amides is 1. The molecule has 2 N–H and O–H groups in total. The molecule has 1 aromatic carbocycles. The van der Waals surface area contributed by atoms with Crippen molar-refractivity contribution < 1.29 is 4.79 Å². The Morgan fingerprint density at radius 3 is 2.76 bits per heavy atom. The van der Waals surface area contributed by atoms with E-state index in [1.165, 1.54) is 18.3 Å². The number of allylic oxidation sites excluding steroid dienone is 1. The lowest BCUT2D eigenvalue weighted by molar-refractivity contribution is -0.114. The molecular weight excluding hydrogens is 352 g/mol. The maximum atomic E-state index is 11.4. The van der Waals surface area contributed by atoms with Crippen molar-refractivity contribution >= 4 is 51.0 Å². The normalized spacial score (nSPS) is 11.2. The molecule has 0 bridgehead atoms. The summed E-state index contributed by atoms with van der Waals surface area (Å²) in [7, 11) is 0. The lowest BCUT2D eigenvalue weighted by Crippen LogP contribution is -2.04. The summed E-state index contributed by atoms with van der Waals surface area (Å²) in [6.07, 6.45) is 5.48. The zero-order valence-electron chi connectivity index (χ0n) is 13.5. The average molecular weight is 368 g/mol. The van der Waals surface area contributed by atoms with Gasteiger partial charge in [-0.3, -0.25) is 10.2 Å². The number of benzene rings is 1. The van der Waals surface area contributed by atoms with Crippen LogP contribution in [0, 0.1) is 0 Å². The Labute approximate surface area is 153 Å². The number of carbonyl (C=O) groups is 1. The van der Waals surface area contributed by atoms with E-state index < -0.39 is 0 Å². The Kier molecular flexibility index (Phi) is 5.71. The fourth-order valence-corrected chi connectivity index (χ4v) is 3.71. The van der Waals surface area contributed by atoms with Gasteiger partial charge in [0, 0.05) is 13.1 Å². The number of aromatic nitrogens is 1. The molecule has 126 valence electrons. The van der Waals surface area contributed by atoms with E-state index >= 15 is 0 Å². The number of hydrazone groups is 1. The Morgan fingerprint density at radius 2 is 2.04 bits per heavy atom. The summed E-state index contributed by atoms with van der Waals surface area (Å²) in [6.45, 7) is 1.48. The third-order valence-electron chi connectivity index (χ3n) is 3.08. The Hall–Kier alpha value is -2.77. The highest BCUT2D eigenvalue weighted by Gasteiger charge is 2.14. The number of hydrogen-bond donors (Lipinski definition) is 2. The van der Waals surface area contributed by atoms with Gasteiger partial charge in [-0.15, -0.1) is 11.3 Å². The molecule has 0 saturated heterocycles. The van der Waals surface area contributed by atoms with Gasteiger partial charge in [-0.05, 0) is 23.1 Å². The number of nitrogens with one attached hydrogen (secondary N) is 2. The molecule has 0 atom stereocenters. The molecule has 2 heterocycles. The predicted octanol–water partition coefficient (Wildman–Crippen LogP) is 4.94. The summed E-state index contributed by atoms with van der Waals surface area (Å²) in [5.41, 5.74) is 4.77. The van der Waals surface area contributed by atoms with E-state index in [-0.39, 0.29) is 5.91 Å². The molecule has 2 aromatic heterocycles. The highest BCUT2D eigenvalue weighted by Crippen LogP contribution is 2.37. The van der Waals surface area contributed by atoms with Crippen molar-refractivity contribution in [1.29, 1.82) is 0 Å². The summed E-state index contributed by atoms with van der Waals surface area (Å²) in [4.78, 5) is 16.9. The first-order chi connectivity index (χ1) is 12.2. The van der Waals surface area contributed by atoms with E-state index in [0.29, 0.717) is 10.1 Å². The van der Waals surface area contributed by atoms with Gasteiger partial charge in [-0.25, -0.2) is 4.98 Å². The van der Waals surface area contributed by atoms with Crippen LogP contribution < -0.4 is 10.7 Å². The number of nitrogens with zero attached hydrogens (tertiary/aromatic N) is 2. The van der Waals surface area contributed by atoms with Crippen LogP contribution in [0.2, 0.25) is 0 Å². The van der Waals surface area contributed by atoms with Crippen LogP contribution in [-0.4, -0.2) is 17.1 Å². The van der Waals surface area contributed by atoms with Gasteiger partial charge < -0.3 is 5.32 Å². The number of thiazole rings is 1. The van der Waals surface area contributed by atoms with Crippen molar-refractivity contribution in [3.8, 4) is 10.6 Å². The number of carbonyl (C=O) groups excluding carboxylic acids is 1. The van der Waals surface area contributed by atoms with Crippen molar-refractivity contribution in [3.05, 3.63) is 59.5 Å². The Balaban J connectivity index is 1.69. The zero-order chi connectivity index (χ0) is 17.5. The maximum absolute atomic E-state index is 11.4. The molecule has 5 nitrogen and oxygen atoms in total. The van der Waals surface area contributed by atoms with E-state index in [1.54, 1.807) is 17.6 Å². The molecule has 0 aliphatic rings. The van der Waals surface area contributed by atoms with E-state index in [9.17, 15) is 4.79 Å². The fraction of sp³-hybridized carbons (Fsp3) is 0.0556. The molecule has 25 heavy (non-hydrogen) atoms. The SMILES string of the molecule is CC(=O)Nc1sc(N/N=C\C=C\c2ccccc2)nc1-c1cccs1. The fourth-order valence-electron chi connectivity index (χ4n) is 2.05. The van der Waals surface area contributed by atoms with Crippen molar-refractivity contribution in [2.45, 2.75) is 6.92 Å². The molecular formula is C18H16N4OS2. The minimum atomic E-state index is -0.123. The molecule has 0 unspecified atom stereocenters. The van der Waals surface area contributed by atoms with Crippen LogP contribution in [-0.2, 0) is 4.79 Å². The molecule has 3 rings (SSSR count). The lowest BCUT2D eigenvalue weighted by atomic mass is 10.2. The summed E-state index contributed by atoms with van der Waals surface area (Å²) in [6, 6.07) is 13.9. The molecule has 0 saturated carbocycles. The van der Waals surface area contributed by atoms with Crippen LogP contribution in [0.3, 0.4) is 0 Å². The second-order valence-electron chi connectivity index (χ2n) is 5.02. The average Bonchev–Trinajstić information content (AvgIpc) is 3.25. The molecule has 7 heteroatoms. The van der Waals surface area contributed by atoms with Crippen LogP contribution in [0.4, 0.5) is 10.1 Å². The number of hydrogen-bond acceptors (Lipinski definition) is 6. The second kappa shape index (κ2) is 8.36. The molecule has 0 aliphatic carbocycles. The van der Waals surface area contributed by atoms with Crippen molar-refractivity contribution in [1.82, 2.24) is 4.98 Å². The highest BCUT2D eigenvalue weighted by atomic mass is 32.1. The largest absolute Gasteiger partial charge is 0.316 e. The number of rotatable bonds is 6. The topological polar surface area (TPSA) is 66.4 Å². The minimum absolute atomic E-state index is 0.123. The van der Waals surface area contributed by atoms with Crippen molar-refractivity contribution in [3.63, 3.8) is 0 Å². The maximum Gasteiger partial charge on any atom is 0.221 e. The van der Waals surface area contributed by atoms with Gasteiger partial charge in [0.1, 0.15) is 10.7 Å². The smallest absolute Gasteiger partial charge is 0.221 e. The summed E-state index contributed by atoms with van der Waals surface area (Å²) < 4.78 is 0. The van der Waals surface area contributed by atoms with Crippen LogP contribution in [0.25, 0.3) is 16.6 Å². The molecule has 0 spiro atoms. The van der Waals surface area contributed by atoms with E-state index in [2.05, 4.69) is 20.8 Å². The van der Waals surface area contributed by atoms with Gasteiger partial charge >= 0.3 is 0 Å². The standard InChI is InChI=1S/C18H16N4OS2/c1-13(23)20-17-16(15-10-6-12-24-15)21-18(25-17)22-19-11-5-9-14-7-3-2-4-8-14/h2-12H,1H3,(H,20,23)(H,21,22)/b9-5+,19-11-. The van der Waals surface area contributed by atoms with E-state index in [0.717, 1.165) is 16.1 Å². The molecule has 1 amide bonds. The first-order valence-electron chi connectivity index (χ1n) is 7.55. The summed E-state index contributed by atoms with van der Waals surface area (Å²) in [5, 5.41) is 10.3. The van der Waals surface area contributed by atoms with Crippen molar-refractivity contribution in [2.24, 2.45) is 5.10 Å². The predicted molar refractivity (Wildman–Crippen MR) is 107 cm³/mol. The Morgan fingerprint density at radius 1 is 1.20 bits per heavy atom. The molecule has 0 aliphatic heterocycles. The summed E-state index contributed by atoms with van der Waals surface area (Å²) >= 11 is 2.93. The van der Waals surface area contributed by atoms with E-state index in [4.69, 9.17) is 0 Å². The lowest BCUT2D eigenvalue weighted by Gasteiger charge is -1.99. The van der Waals surface area contributed by atoms with Gasteiger partial charge in [-0.1, -0.05) is 53.8 Å². The van der Waals surface area contributed by atoms with Gasteiger partial charge in [0.2, 0.25) is 11.0 Å². The van der Waals surface area contributed by atoms with E-state index in [1.807, 2.05) is 60.0 Å². The van der Waals surface area contributed by atoms with Crippen molar-refractivity contribution in [2.75, 3.05) is 10.7 Å². The van der Waals surface area contributed by atoms with Gasteiger partial charge in [-0.2, -0.15) is 5.10 Å². The first-order valence-corrected chi connectivity index (χ1v) is 9.25. The number of thiophene rings is 1. The van der Waals surface area contributed by atoms with Crippen LogP contribution in [0.15, 0.2) is 59.0 Å². The Bertz CT molecular complexity index is 883. The highest BCUT2D eigenvalue weighted by molar-refractivity contribution is 7.21. The van der Waals surface area contributed by atoms with Gasteiger partial charge in [0.25, 0.3) is 0 Å². The minimum Gasteiger partial charge on any atom is -0.316 e. The zero-order valence-corrected chi connectivity index (χ0v) is 15.1. The summed E-state index contributed by atoms with van der Waals surface area (Å²) in [5.74, 6) is -0.123.